The Hall–Kier alpha value is -1.91. The van der Waals surface area contributed by atoms with E-state index >= 15 is 0 Å². The minimum Gasteiger partial charge on any atom is -0.469 e. The van der Waals surface area contributed by atoms with E-state index in [4.69, 9.17) is 0 Å². The molecule has 0 aromatic heterocycles. The van der Waals surface area contributed by atoms with E-state index in [1.54, 1.807) is 6.07 Å². The Labute approximate surface area is 85.8 Å². The Bertz CT molecular complexity index is 441. The second-order valence-electron chi connectivity index (χ2n) is 3.42. The van der Waals surface area contributed by atoms with Crippen LogP contribution in [0.2, 0.25) is 0 Å². The number of methoxy groups -OCH3 is 1. The van der Waals surface area contributed by atoms with Crippen LogP contribution >= 0.6 is 0 Å². The smallest absolute Gasteiger partial charge is 0.313 e. The summed E-state index contributed by atoms with van der Waals surface area (Å²) < 4.78 is 4.60. The summed E-state index contributed by atoms with van der Waals surface area (Å²) in [4.78, 5) is 21.3. The maximum absolute atomic E-state index is 11.2. The molecule has 1 atom stereocenters. The molecule has 0 saturated heterocycles. The molecule has 5 nitrogen and oxygen atoms in total. The molecule has 0 aliphatic heterocycles. The average molecular weight is 207 g/mol. The van der Waals surface area contributed by atoms with Gasteiger partial charge in [-0.25, -0.2) is 0 Å². The van der Waals surface area contributed by atoms with Crippen molar-refractivity contribution in [2.45, 2.75) is 12.3 Å². The summed E-state index contributed by atoms with van der Waals surface area (Å²) in [6, 6.07) is 4.58. The average Bonchev–Trinajstić information content (AvgIpc) is 2.19. The van der Waals surface area contributed by atoms with Crippen LogP contribution in [0.25, 0.3) is 0 Å². The first-order valence-electron chi connectivity index (χ1n) is 4.48. The zero-order valence-corrected chi connectivity index (χ0v) is 8.10. The van der Waals surface area contributed by atoms with Crippen LogP contribution < -0.4 is 0 Å². The van der Waals surface area contributed by atoms with Crippen molar-refractivity contribution >= 4 is 11.7 Å². The Kier molecular flexibility index (Phi) is 2.15. The molecule has 0 bridgehead atoms. The molecule has 2 rings (SSSR count). The summed E-state index contributed by atoms with van der Waals surface area (Å²) in [7, 11) is 1.32. The van der Waals surface area contributed by atoms with Crippen molar-refractivity contribution in [3.63, 3.8) is 0 Å². The Balaban J connectivity index is 2.32. The largest absolute Gasteiger partial charge is 0.469 e. The molecule has 1 aliphatic rings. The van der Waals surface area contributed by atoms with Crippen molar-refractivity contribution in [1.82, 2.24) is 0 Å². The number of fused-ring (bicyclic) bond motifs is 1. The first kappa shape index (κ1) is 9.64. The van der Waals surface area contributed by atoms with E-state index in [2.05, 4.69) is 4.74 Å². The van der Waals surface area contributed by atoms with Crippen LogP contribution in [0.1, 0.15) is 17.0 Å². The zero-order chi connectivity index (χ0) is 11.0. The highest BCUT2D eigenvalue weighted by atomic mass is 16.6. The molecular formula is C10H9NO4. The predicted octanol–water partition coefficient (Wildman–Crippen LogP) is 1.41. The summed E-state index contributed by atoms with van der Waals surface area (Å²) in [5, 5.41) is 10.5. The number of nitro benzene ring substituents is 1. The van der Waals surface area contributed by atoms with Crippen molar-refractivity contribution in [3.8, 4) is 0 Å². The molecule has 1 aliphatic carbocycles. The number of carbonyl (C=O) groups excluding carboxylic acids is 1. The summed E-state index contributed by atoms with van der Waals surface area (Å²) in [6.45, 7) is 0. The highest BCUT2D eigenvalue weighted by molar-refractivity contribution is 5.82. The van der Waals surface area contributed by atoms with Gasteiger partial charge < -0.3 is 4.74 Å². The van der Waals surface area contributed by atoms with Crippen molar-refractivity contribution in [1.29, 1.82) is 0 Å². The summed E-state index contributed by atoms with van der Waals surface area (Å²) in [5.41, 5.74) is 1.72. The number of non-ortho nitro benzene ring substituents is 1. The normalized spacial score (nSPS) is 17.5. The molecule has 0 fully saturated rings. The molecule has 0 radical (unpaired) electrons. The summed E-state index contributed by atoms with van der Waals surface area (Å²) in [5.74, 6) is -0.659. The fourth-order valence-corrected chi connectivity index (χ4v) is 1.76. The number of nitro groups is 1. The van der Waals surface area contributed by atoms with E-state index in [0.717, 1.165) is 11.1 Å². The molecule has 0 amide bonds. The van der Waals surface area contributed by atoms with Crippen molar-refractivity contribution in [3.05, 3.63) is 39.4 Å². The highest BCUT2D eigenvalue weighted by Gasteiger charge is 2.34. The van der Waals surface area contributed by atoms with Crippen LogP contribution in [-0.2, 0) is 16.0 Å². The van der Waals surface area contributed by atoms with Gasteiger partial charge in [0.25, 0.3) is 5.69 Å². The Morgan fingerprint density at radius 1 is 1.60 bits per heavy atom. The molecule has 5 heteroatoms. The molecule has 0 spiro atoms. The van der Waals surface area contributed by atoms with E-state index in [9.17, 15) is 14.9 Å². The lowest BCUT2D eigenvalue weighted by atomic mass is 9.77. The Morgan fingerprint density at radius 3 is 2.93 bits per heavy atom. The number of rotatable bonds is 2. The third-order valence-electron chi connectivity index (χ3n) is 2.63. The monoisotopic (exact) mass is 207 g/mol. The van der Waals surface area contributed by atoms with E-state index in [1.807, 2.05) is 0 Å². The number of esters is 1. The zero-order valence-electron chi connectivity index (χ0n) is 8.10. The van der Waals surface area contributed by atoms with E-state index in [0.29, 0.717) is 6.42 Å². The quantitative estimate of drug-likeness (QED) is 0.417. The van der Waals surface area contributed by atoms with Crippen molar-refractivity contribution in [2.75, 3.05) is 7.11 Å². The third-order valence-corrected chi connectivity index (χ3v) is 2.63. The molecule has 1 unspecified atom stereocenters. The predicted molar refractivity (Wildman–Crippen MR) is 51.6 cm³/mol. The number of carbonyl (C=O) groups is 1. The van der Waals surface area contributed by atoms with Gasteiger partial charge in [-0.2, -0.15) is 0 Å². The molecule has 1 aromatic rings. The van der Waals surface area contributed by atoms with E-state index in [1.165, 1.54) is 19.2 Å². The van der Waals surface area contributed by atoms with Gasteiger partial charge in [-0.1, -0.05) is 6.07 Å². The molecule has 0 N–H and O–H groups in total. The molecule has 78 valence electrons. The lowest BCUT2D eigenvalue weighted by molar-refractivity contribution is -0.385. The van der Waals surface area contributed by atoms with Crippen LogP contribution in [0.15, 0.2) is 18.2 Å². The molecule has 0 heterocycles. The number of hydrogen-bond donors (Lipinski definition) is 0. The maximum atomic E-state index is 11.2. The van der Waals surface area contributed by atoms with Crippen LogP contribution in [0.3, 0.4) is 0 Å². The first-order chi connectivity index (χ1) is 7.13. The fraction of sp³-hybridized carbons (Fsp3) is 0.300. The molecule has 1 aromatic carbocycles. The number of benzene rings is 1. The van der Waals surface area contributed by atoms with Crippen molar-refractivity contribution < 1.29 is 14.5 Å². The lowest BCUT2D eigenvalue weighted by Gasteiger charge is -2.27. The lowest BCUT2D eigenvalue weighted by Crippen LogP contribution is -2.26. The number of ether oxygens (including phenoxy) is 1. The van der Waals surface area contributed by atoms with Gasteiger partial charge in [-0.15, -0.1) is 0 Å². The second-order valence-corrected chi connectivity index (χ2v) is 3.42. The maximum Gasteiger partial charge on any atom is 0.313 e. The summed E-state index contributed by atoms with van der Waals surface area (Å²) >= 11 is 0. The third kappa shape index (κ3) is 1.45. The van der Waals surface area contributed by atoms with Gasteiger partial charge in [-0.3, -0.25) is 14.9 Å². The second kappa shape index (κ2) is 3.34. The molecular weight excluding hydrogens is 198 g/mol. The first-order valence-corrected chi connectivity index (χ1v) is 4.48. The molecule has 0 saturated carbocycles. The van der Waals surface area contributed by atoms with Gasteiger partial charge >= 0.3 is 5.97 Å². The van der Waals surface area contributed by atoms with Crippen molar-refractivity contribution in [2.24, 2.45) is 0 Å². The van der Waals surface area contributed by atoms with Gasteiger partial charge in [0.2, 0.25) is 0 Å². The van der Waals surface area contributed by atoms with Gasteiger partial charge in [0.15, 0.2) is 0 Å². The van der Waals surface area contributed by atoms with Gasteiger partial charge in [0, 0.05) is 12.1 Å². The number of hydrogen-bond acceptors (Lipinski definition) is 4. The van der Waals surface area contributed by atoms with Gasteiger partial charge in [0.1, 0.15) is 0 Å². The van der Waals surface area contributed by atoms with Crippen LogP contribution in [-0.4, -0.2) is 18.0 Å². The fourth-order valence-electron chi connectivity index (χ4n) is 1.76. The number of nitrogens with zero attached hydrogens (tertiary/aromatic N) is 1. The Morgan fingerprint density at radius 2 is 2.33 bits per heavy atom. The van der Waals surface area contributed by atoms with Crippen LogP contribution in [0.4, 0.5) is 5.69 Å². The highest BCUT2D eigenvalue weighted by Crippen LogP contribution is 2.37. The minimum atomic E-state index is -0.465. The minimum absolute atomic E-state index is 0.0161. The van der Waals surface area contributed by atoms with Gasteiger partial charge in [0.05, 0.1) is 18.0 Å². The van der Waals surface area contributed by atoms with Crippen LogP contribution in [0.5, 0.6) is 0 Å². The topological polar surface area (TPSA) is 69.4 Å². The van der Waals surface area contributed by atoms with Crippen LogP contribution in [0, 0.1) is 10.1 Å². The van der Waals surface area contributed by atoms with E-state index in [-0.39, 0.29) is 17.6 Å². The SMILES string of the molecule is COC(=O)C1Cc2ccc([N+](=O)[O-])cc21. The summed E-state index contributed by atoms with van der Waals surface area (Å²) in [6.07, 6.45) is 0.611. The standard InChI is InChI=1S/C10H9NO4/c1-15-10(12)9-4-6-2-3-7(11(13)14)5-8(6)9/h2-3,5,9H,4H2,1H3. The van der Waals surface area contributed by atoms with E-state index < -0.39 is 4.92 Å². The molecule has 15 heavy (non-hydrogen) atoms. The van der Waals surface area contributed by atoms with Gasteiger partial charge in [-0.05, 0) is 17.5 Å².